The molecule has 0 amide bonds. The van der Waals surface area contributed by atoms with Crippen LogP contribution >= 0.6 is 0 Å². The molecule has 0 nitrogen and oxygen atoms in total. The molecule has 2 rings (SSSR count). The quantitative estimate of drug-likeness (QED) is 0.244. The van der Waals surface area contributed by atoms with Crippen LogP contribution in [0.4, 0.5) is 0 Å². The molecule has 2 aliphatic heterocycles. The maximum Gasteiger partial charge on any atom is -1.00 e. The first-order chi connectivity index (χ1) is 5.45. The van der Waals surface area contributed by atoms with Crippen LogP contribution < -0.4 is 24.8 Å². The van der Waals surface area contributed by atoms with Crippen molar-refractivity contribution in [3.63, 3.8) is 0 Å². The molecule has 0 N–H and O–H groups in total. The van der Waals surface area contributed by atoms with Gasteiger partial charge in [0.15, 0.2) is 0 Å². The van der Waals surface area contributed by atoms with Gasteiger partial charge in [-0.15, -0.1) is 0 Å². The molecule has 0 aromatic rings. The summed E-state index contributed by atoms with van der Waals surface area (Å²) >= 11 is 1.50. The molecule has 7 heteroatoms. The van der Waals surface area contributed by atoms with Crippen molar-refractivity contribution in [3.8, 4) is 0 Å². The van der Waals surface area contributed by atoms with Crippen LogP contribution in [0.2, 0.25) is 0 Å². The number of hydrogen-bond donors (Lipinski definition) is 0. The molecule has 0 aromatic heterocycles. The van der Waals surface area contributed by atoms with Crippen LogP contribution in [-0.2, 0) is 23.2 Å². The van der Waals surface area contributed by atoms with E-state index in [9.17, 15) is 0 Å². The van der Waals surface area contributed by atoms with Crippen LogP contribution in [0.15, 0.2) is 19.7 Å². The fourth-order valence-corrected chi connectivity index (χ4v) is 60.5. The summed E-state index contributed by atoms with van der Waals surface area (Å²) < 4.78 is 9.25. The minimum Gasteiger partial charge on any atom is -1.00 e. The van der Waals surface area contributed by atoms with Crippen LogP contribution in [0.25, 0.3) is 0 Å². The number of rotatable bonds is 2. The molecule has 0 spiro atoms. The first-order valence-electron chi connectivity index (χ1n) is 3.22. The fourth-order valence-electron chi connectivity index (χ4n) is 0.791. The van der Waals surface area contributed by atoms with E-state index < -0.39 is 0 Å². The van der Waals surface area contributed by atoms with Crippen molar-refractivity contribution in [2.24, 2.45) is 0 Å². The minimum atomic E-state index is -0.0686. The molecular weight excluding hydrogens is 802 g/mol. The van der Waals surface area contributed by atoms with Crippen LogP contribution in [0, 0.1) is 0 Å². The zero-order valence-corrected chi connectivity index (χ0v) is 22.0. The molecule has 0 aliphatic carbocycles. The molecule has 0 bridgehead atoms. The van der Waals surface area contributed by atoms with Gasteiger partial charge >= 0.3 is 111 Å². The predicted octanol–water partition coefficient (Wildman–Crippen LogP) is -7.50. The van der Waals surface area contributed by atoms with E-state index in [-0.39, 0.29) is 89.3 Å². The normalized spacial score (nSPS) is 19.4. The van der Waals surface area contributed by atoms with Crippen LogP contribution in [0.3, 0.4) is 0 Å². The molecule has 0 radical (unpaired) electrons. The number of allylic oxidation sites excluding steroid dienone is 2. The monoisotopic (exact) mass is 806 g/mol. The molecule has 0 saturated heterocycles. The van der Waals surface area contributed by atoms with Gasteiger partial charge in [-0.05, 0) is 0 Å². The summed E-state index contributed by atoms with van der Waals surface area (Å²) in [6.07, 6.45) is 5.09. The summed E-state index contributed by atoms with van der Waals surface area (Å²) in [5.74, 6) is 0. The van der Waals surface area contributed by atoms with Gasteiger partial charge in [-0.25, -0.2) is 0 Å². The summed E-state index contributed by atoms with van der Waals surface area (Å²) in [6.45, 7) is 0. The van der Waals surface area contributed by atoms with Crippen molar-refractivity contribution < 1.29 is 48.0 Å². The van der Waals surface area contributed by atoms with Crippen molar-refractivity contribution in [2.45, 2.75) is 0 Å². The molecule has 2 aliphatic rings. The third-order valence-corrected chi connectivity index (χ3v) is 56.2. The summed E-state index contributed by atoms with van der Waals surface area (Å²) in [4.78, 5) is 0. The molecule has 0 saturated carbocycles. The largest absolute Gasteiger partial charge is 1.00 e. The van der Waals surface area contributed by atoms with Gasteiger partial charge in [0.1, 0.15) is 0 Å². The van der Waals surface area contributed by atoms with E-state index in [2.05, 4.69) is 19.7 Å². The van der Waals surface area contributed by atoms with E-state index in [0.717, 1.165) is 22.9 Å². The summed E-state index contributed by atoms with van der Waals surface area (Å²) in [5, 5.41) is 0. The standard InChI is InChI=1S/2C3H2As.2Bi.2ClH.Zr.2H/c2*1-2-3-4;;;;;;;/h2*1-2H;;;2*1H;;;/q2*-1;2*+1;;;+2;;/p-2. The van der Waals surface area contributed by atoms with Gasteiger partial charge in [0, 0.05) is 0 Å². The Hall–Kier alpha value is 3.57. The summed E-state index contributed by atoms with van der Waals surface area (Å²) in [7, 11) is 0. The molecular formula is C6H6As2Bi2Cl2Zr. The second kappa shape index (κ2) is 9.58. The Bertz CT molecular complexity index is 260. The minimum absolute atomic E-state index is 0. The molecule has 0 unspecified atom stereocenters. The topological polar surface area (TPSA) is 0 Å². The number of halogens is 2. The van der Waals surface area contributed by atoms with E-state index in [4.69, 9.17) is 0 Å². The van der Waals surface area contributed by atoms with Crippen molar-refractivity contribution >= 4 is 68.2 Å². The van der Waals surface area contributed by atoms with Crippen LogP contribution in [0.5, 0.6) is 0 Å². The second-order valence-electron chi connectivity index (χ2n) is 2.04. The van der Waals surface area contributed by atoms with E-state index in [1.807, 2.05) is 4.02 Å². The van der Waals surface area contributed by atoms with Crippen molar-refractivity contribution in [1.82, 2.24) is 0 Å². The average molecular weight is 808 g/mol. The third kappa shape index (κ3) is 6.16. The Balaban J connectivity index is 0.000000720. The van der Waals surface area contributed by atoms with E-state index in [0.29, 0.717) is 0 Å². The van der Waals surface area contributed by atoms with Gasteiger partial charge in [-0.2, -0.15) is 0 Å². The number of hydrogen-bond acceptors (Lipinski definition) is 0. The average Bonchev–Trinajstić information content (AvgIpc) is 2.60. The SMILES string of the molecule is [CH]1=C[C]([Zr+2][C]2=[As][BiH][CH]=C2)=[As][BiH]1.[Cl-].[Cl-]. The zero-order valence-electron chi connectivity index (χ0n) is 6.46. The van der Waals surface area contributed by atoms with Gasteiger partial charge < -0.3 is 24.8 Å². The molecule has 0 atom stereocenters. The van der Waals surface area contributed by atoms with E-state index >= 15 is 0 Å². The van der Waals surface area contributed by atoms with Gasteiger partial charge in [0.25, 0.3) is 0 Å². The molecule has 0 aromatic carbocycles. The van der Waals surface area contributed by atoms with Crippen molar-refractivity contribution in [2.75, 3.05) is 0 Å². The van der Waals surface area contributed by atoms with Gasteiger partial charge in [0.05, 0.1) is 0 Å². The summed E-state index contributed by atoms with van der Waals surface area (Å²) in [5.41, 5.74) is 0. The smallest absolute Gasteiger partial charge is 1.00 e. The van der Waals surface area contributed by atoms with E-state index in [1.54, 1.807) is 0 Å². The first-order valence-corrected chi connectivity index (χ1v) is 32.0. The molecule has 0 fully saturated rings. The van der Waals surface area contributed by atoms with Gasteiger partial charge in [-0.1, -0.05) is 0 Å². The van der Waals surface area contributed by atoms with Crippen LogP contribution in [-0.4, -0.2) is 68.2 Å². The Morgan fingerprint density at radius 3 is 1.69 bits per heavy atom. The maximum atomic E-state index is 2.59. The first kappa shape index (κ1) is 16.6. The van der Waals surface area contributed by atoms with Gasteiger partial charge in [0.2, 0.25) is 0 Å². The second-order valence-corrected chi connectivity index (χ2v) is 35.9. The fraction of sp³-hybridized carbons (Fsp3) is 0. The third-order valence-electron chi connectivity index (χ3n) is 1.26. The van der Waals surface area contributed by atoms with Gasteiger partial charge in [-0.3, -0.25) is 0 Å². The van der Waals surface area contributed by atoms with Crippen molar-refractivity contribution in [1.29, 1.82) is 0 Å². The maximum absolute atomic E-state index is 2.59. The summed E-state index contributed by atoms with van der Waals surface area (Å²) in [6, 6.07) is 0. The Morgan fingerprint density at radius 2 is 1.38 bits per heavy atom. The van der Waals surface area contributed by atoms with Crippen molar-refractivity contribution in [3.05, 3.63) is 19.7 Å². The predicted molar refractivity (Wildman–Crippen MR) is 54.1 cm³/mol. The molecule has 2 heterocycles. The Morgan fingerprint density at radius 1 is 0.923 bits per heavy atom. The van der Waals surface area contributed by atoms with Crippen LogP contribution in [0.1, 0.15) is 0 Å². The Kier molecular flexibility index (Phi) is 12.2. The molecule has 68 valence electrons. The van der Waals surface area contributed by atoms with E-state index in [1.165, 1.54) is 0 Å². The zero-order chi connectivity index (χ0) is 7.52. The Labute approximate surface area is 133 Å². The molecule has 13 heavy (non-hydrogen) atoms.